The van der Waals surface area contributed by atoms with E-state index in [4.69, 9.17) is 0 Å². The standard InChI is InChI=1S/C28H31N3O3/c1-6-26(3,4)28-17-23-24(33)29-21(16-19-12-8-7-9-13-19)25(34)31(23)27(28,5)30(18(2)32)22-15-11-10-14-20(22)28/h6-15,21,23H,1,16-17H2,2-5H3,(H,29,33)/t21-,23-,27-,28-/m0/s1. The largest absolute Gasteiger partial charge is 0.342 e. The molecule has 0 unspecified atom stereocenters. The number of nitrogens with one attached hydrogen (secondary N) is 1. The van der Waals surface area contributed by atoms with Crippen LogP contribution in [0.1, 0.15) is 45.2 Å². The van der Waals surface area contributed by atoms with Crippen LogP contribution in [0, 0.1) is 5.41 Å². The number of nitrogens with zero attached hydrogens (tertiary/aromatic N) is 2. The van der Waals surface area contributed by atoms with Gasteiger partial charge >= 0.3 is 0 Å². The third-order valence-electron chi connectivity index (χ3n) is 8.49. The Balaban J connectivity index is 1.72. The van der Waals surface area contributed by atoms with Gasteiger partial charge in [-0.3, -0.25) is 19.3 Å². The van der Waals surface area contributed by atoms with Gasteiger partial charge in [0.25, 0.3) is 0 Å². The van der Waals surface area contributed by atoms with Crippen molar-refractivity contribution in [1.82, 2.24) is 10.2 Å². The highest BCUT2D eigenvalue weighted by molar-refractivity contribution is 6.04. The summed E-state index contributed by atoms with van der Waals surface area (Å²) >= 11 is 0. The molecule has 0 spiro atoms. The van der Waals surface area contributed by atoms with Crippen molar-refractivity contribution >= 4 is 23.4 Å². The molecule has 2 aromatic carbocycles. The second-order valence-electron chi connectivity index (χ2n) is 10.4. The molecule has 3 heterocycles. The number of anilines is 1. The van der Waals surface area contributed by atoms with Crippen molar-refractivity contribution in [2.24, 2.45) is 5.41 Å². The number of fused-ring (bicyclic) bond motifs is 5. The lowest BCUT2D eigenvalue weighted by atomic mass is 9.56. The van der Waals surface area contributed by atoms with E-state index in [2.05, 4.69) is 25.7 Å². The molecule has 3 aliphatic heterocycles. The van der Waals surface area contributed by atoms with Crippen molar-refractivity contribution in [1.29, 1.82) is 0 Å². The van der Waals surface area contributed by atoms with Crippen molar-refractivity contribution in [2.75, 3.05) is 4.90 Å². The van der Waals surface area contributed by atoms with Crippen LogP contribution >= 0.6 is 0 Å². The Morgan fingerprint density at radius 2 is 1.79 bits per heavy atom. The zero-order valence-electron chi connectivity index (χ0n) is 20.2. The summed E-state index contributed by atoms with van der Waals surface area (Å²) < 4.78 is 0. The lowest BCUT2D eigenvalue weighted by Crippen LogP contribution is -2.72. The molecule has 0 aliphatic carbocycles. The summed E-state index contributed by atoms with van der Waals surface area (Å²) in [5.41, 5.74) is 0.462. The van der Waals surface area contributed by atoms with Crippen LogP contribution in [0.5, 0.6) is 0 Å². The van der Waals surface area contributed by atoms with Gasteiger partial charge in [0, 0.05) is 13.3 Å². The Labute approximate surface area is 200 Å². The van der Waals surface area contributed by atoms with E-state index in [1.54, 1.807) is 9.80 Å². The van der Waals surface area contributed by atoms with Crippen LogP contribution in [-0.2, 0) is 26.2 Å². The summed E-state index contributed by atoms with van der Waals surface area (Å²) in [6.45, 7) is 11.8. The summed E-state index contributed by atoms with van der Waals surface area (Å²) in [4.78, 5) is 44.3. The number of carbonyl (C=O) groups is 3. The highest BCUT2D eigenvalue weighted by Gasteiger charge is 2.76. The van der Waals surface area contributed by atoms with Crippen LogP contribution in [0.2, 0.25) is 0 Å². The Hall–Kier alpha value is -3.41. The van der Waals surface area contributed by atoms with Gasteiger partial charge in [-0.25, -0.2) is 0 Å². The smallest absolute Gasteiger partial charge is 0.248 e. The monoisotopic (exact) mass is 457 g/mol. The normalized spacial score (nSPS) is 29.9. The molecular weight excluding hydrogens is 426 g/mol. The molecule has 6 heteroatoms. The number of hydrogen-bond donors (Lipinski definition) is 1. The van der Waals surface area contributed by atoms with E-state index < -0.39 is 28.6 Å². The van der Waals surface area contributed by atoms with Crippen molar-refractivity contribution in [2.45, 2.75) is 63.7 Å². The van der Waals surface area contributed by atoms with Gasteiger partial charge in [-0.05, 0) is 36.0 Å². The first kappa shape index (κ1) is 22.4. The predicted molar refractivity (Wildman–Crippen MR) is 131 cm³/mol. The van der Waals surface area contributed by atoms with Gasteiger partial charge in [0.15, 0.2) is 0 Å². The third-order valence-corrected chi connectivity index (χ3v) is 8.49. The first-order valence-corrected chi connectivity index (χ1v) is 11.8. The van der Waals surface area contributed by atoms with Gasteiger partial charge in [0.2, 0.25) is 17.7 Å². The lowest BCUT2D eigenvalue weighted by molar-refractivity contribution is -0.153. The summed E-state index contributed by atoms with van der Waals surface area (Å²) in [6, 6.07) is 16.2. The van der Waals surface area contributed by atoms with E-state index in [0.29, 0.717) is 12.8 Å². The molecule has 0 aromatic heterocycles. The van der Waals surface area contributed by atoms with Crippen LogP contribution in [0.25, 0.3) is 0 Å². The molecule has 2 fully saturated rings. The average molecular weight is 458 g/mol. The molecule has 34 heavy (non-hydrogen) atoms. The maximum atomic E-state index is 14.1. The minimum absolute atomic E-state index is 0.156. The molecule has 0 radical (unpaired) electrons. The fourth-order valence-electron chi connectivity index (χ4n) is 6.95. The van der Waals surface area contributed by atoms with Gasteiger partial charge in [0.05, 0.1) is 11.1 Å². The zero-order valence-corrected chi connectivity index (χ0v) is 20.2. The maximum absolute atomic E-state index is 14.1. The number of carbonyl (C=O) groups excluding carboxylic acids is 3. The van der Waals surface area contributed by atoms with Crippen LogP contribution < -0.4 is 10.2 Å². The number of para-hydroxylation sites is 1. The van der Waals surface area contributed by atoms with Gasteiger partial charge in [-0.2, -0.15) is 0 Å². The molecule has 6 nitrogen and oxygen atoms in total. The molecule has 176 valence electrons. The molecule has 0 saturated carbocycles. The SMILES string of the molecule is C=CC(C)(C)[C@@]12C[C@H]3C(=O)N[C@@H](Cc4ccccc4)C(=O)N3[C@]1(C)N(C(C)=O)c1ccccc12. The van der Waals surface area contributed by atoms with Crippen LogP contribution in [-0.4, -0.2) is 40.4 Å². The first-order valence-electron chi connectivity index (χ1n) is 11.8. The van der Waals surface area contributed by atoms with Gasteiger partial charge in [0.1, 0.15) is 17.7 Å². The number of rotatable bonds is 4. The molecule has 4 atom stereocenters. The van der Waals surface area contributed by atoms with E-state index in [1.165, 1.54) is 6.92 Å². The number of benzene rings is 2. The lowest BCUT2D eigenvalue weighted by Gasteiger charge is -2.53. The molecule has 3 aliphatic rings. The number of piperazine rings is 1. The maximum Gasteiger partial charge on any atom is 0.248 e. The zero-order chi connectivity index (χ0) is 24.5. The van der Waals surface area contributed by atoms with Crippen LogP contribution in [0.4, 0.5) is 5.69 Å². The Morgan fingerprint density at radius 1 is 1.15 bits per heavy atom. The number of amides is 3. The molecule has 1 N–H and O–H groups in total. The molecule has 5 rings (SSSR count). The van der Waals surface area contributed by atoms with Crippen molar-refractivity contribution < 1.29 is 14.4 Å². The fraction of sp³-hybridized carbons (Fsp3) is 0.393. The van der Waals surface area contributed by atoms with E-state index in [0.717, 1.165) is 16.8 Å². The molecule has 0 bridgehead atoms. The highest BCUT2D eigenvalue weighted by atomic mass is 16.2. The van der Waals surface area contributed by atoms with E-state index >= 15 is 0 Å². The molecular formula is C28H31N3O3. The second-order valence-corrected chi connectivity index (χ2v) is 10.4. The molecule has 2 saturated heterocycles. The minimum atomic E-state index is -1.06. The predicted octanol–water partition coefficient (Wildman–Crippen LogP) is 3.56. The van der Waals surface area contributed by atoms with E-state index in [1.807, 2.05) is 67.6 Å². The second kappa shape index (κ2) is 7.29. The topological polar surface area (TPSA) is 69.7 Å². The van der Waals surface area contributed by atoms with Crippen LogP contribution in [0.15, 0.2) is 67.3 Å². The molecule has 3 amide bonds. The van der Waals surface area contributed by atoms with Crippen molar-refractivity contribution in [3.05, 3.63) is 78.4 Å². The summed E-state index contributed by atoms with van der Waals surface area (Å²) in [6.07, 6.45) is 2.71. The van der Waals surface area contributed by atoms with Crippen LogP contribution in [0.3, 0.4) is 0 Å². The highest BCUT2D eigenvalue weighted by Crippen LogP contribution is 2.67. The summed E-state index contributed by atoms with van der Waals surface area (Å²) in [5, 5.41) is 2.99. The Kier molecular flexibility index (Phi) is 4.80. The first-order chi connectivity index (χ1) is 16.1. The van der Waals surface area contributed by atoms with E-state index in [9.17, 15) is 14.4 Å². The Bertz CT molecular complexity index is 1210. The van der Waals surface area contributed by atoms with Crippen molar-refractivity contribution in [3.8, 4) is 0 Å². The van der Waals surface area contributed by atoms with Gasteiger partial charge in [-0.1, -0.05) is 68.5 Å². The number of allylic oxidation sites excluding steroid dienone is 1. The van der Waals surface area contributed by atoms with Gasteiger partial charge < -0.3 is 10.2 Å². The van der Waals surface area contributed by atoms with Crippen molar-refractivity contribution in [3.63, 3.8) is 0 Å². The third kappa shape index (κ3) is 2.59. The summed E-state index contributed by atoms with van der Waals surface area (Å²) in [7, 11) is 0. The quantitative estimate of drug-likeness (QED) is 0.714. The van der Waals surface area contributed by atoms with E-state index in [-0.39, 0.29) is 17.7 Å². The minimum Gasteiger partial charge on any atom is -0.342 e. The molecule has 2 aromatic rings. The fourth-order valence-corrected chi connectivity index (χ4v) is 6.95. The number of hydrogen-bond acceptors (Lipinski definition) is 3. The van der Waals surface area contributed by atoms with Gasteiger partial charge in [-0.15, -0.1) is 6.58 Å². The average Bonchev–Trinajstić information content (AvgIpc) is 3.22. The summed E-state index contributed by atoms with van der Waals surface area (Å²) in [5.74, 6) is -0.483. The Morgan fingerprint density at radius 3 is 2.44 bits per heavy atom.